The lowest BCUT2D eigenvalue weighted by atomic mass is 10.2. The Morgan fingerprint density at radius 2 is 1.79 bits per heavy atom. The molecule has 2 aromatic heterocycles. The molecule has 0 spiro atoms. The molecule has 0 saturated carbocycles. The fourth-order valence-corrected chi connectivity index (χ4v) is 5.85. The first kappa shape index (κ1) is 23.5. The number of hydrogen-bond donors (Lipinski definition) is 3. The van der Waals surface area contributed by atoms with Crippen LogP contribution in [0.1, 0.15) is 5.56 Å². The fraction of sp³-hybridized carbons (Fsp3) is 0.0476. The van der Waals surface area contributed by atoms with E-state index in [1.165, 1.54) is 30.3 Å². The molecule has 176 valence electrons. The number of amides is 1. The zero-order valence-corrected chi connectivity index (χ0v) is 19.5. The Morgan fingerprint density at radius 3 is 2.53 bits per heavy atom. The Bertz CT molecular complexity index is 1580. The minimum atomic E-state index is -4.32. The van der Waals surface area contributed by atoms with Gasteiger partial charge in [0.25, 0.3) is 10.0 Å². The number of nitrogens with one attached hydrogen (secondary N) is 2. The third kappa shape index (κ3) is 5.14. The molecule has 0 radical (unpaired) electrons. The van der Waals surface area contributed by atoms with Gasteiger partial charge in [-0.15, -0.1) is 0 Å². The van der Waals surface area contributed by atoms with Crippen LogP contribution < -0.4 is 10.0 Å². The van der Waals surface area contributed by atoms with E-state index in [4.69, 9.17) is 21.1 Å². The number of sulfone groups is 1. The van der Waals surface area contributed by atoms with Gasteiger partial charge in [-0.2, -0.15) is 8.42 Å². The summed E-state index contributed by atoms with van der Waals surface area (Å²) in [5.41, 5.74) is 0.423. The highest BCUT2D eigenvalue weighted by atomic mass is 35.5. The van der Waals surface area contributed by atoms with E-state index >= 15 is 0 Å². The van der Waals surface area contributed by atoms with Crippen LogP contribution in [-0.2, 0) is 25.6 Å². The van der Waals surface area contributed by atoms with Crippen molar-refractivity contribution in [2.75, 3.05) is 10.0 Å². The lowest BCUT2D eigenvalue weighted by Crippen LogP contribution is -2.17. The molecule has 1 amide bonds. The van der Waals surface area contributed by atoms with Crippen LogP contribution in [0.5, 0.6) is 0 Å². The van der Waals surface area contributed by atoms with Crippen LogP contribution in [0.4, 0.5) is 16.2 Å². The van der Waals surface area contributed by atoms with E-state index in [0.717, 1.165) is 12.3 Å². The highest BCUT2D eigenvalue weighted by Gasteiger charge is 2.27. The van der Waals surface area contributed by atoms with Crippen molar-refractivity contribution in [1.29, 1.82) is 0 Å². The van der Waals surface area contributed by atoms with Gasteiger partial charge >= 0.3 is 6.09 Å². The number of carboxylic acid groups (broad SMARTS) is 1. The lowest BCUT2D eigenvalue weighted by Gasteiger charge is -2.12. The molecule has 3 N–H and O–H groups in total. The largest absolute Gasteiger partial charge is 0.465 e. The third-order valence-corrected chi connectivity index (χ3v) is 7.61. The van der Waals surface area contributed by atoms with Gasteiger partial charge in [0.05, 0.1) is 16.5 Å². The van der Waals surface area contributed by atoms with E-state index in [1.807, 2.05) is 0 Å². The predicted molar refractivity (Wildman–Crippen MR) is 125 cm³/mol. The van der Waals surface area contributed by atoms with Crippen molar-refractivity contribution < 1.29 is 31.2 Å². The Labute approximate surface area is 199 Å². The van der Waals surface area contributed by atoms with Gasteiger partial charge < -0.3 is 9.52 Å². The maximum absolute atomic E-state index is 13.1. The number of hydrogen-bond acceptors (Lipinski definition) is 7. The number of anilines is 2. The molecular formula is C21H16ClN3O7S2. The van der Waals surface area contributed by atoms with Gasteiger partial charge in [-0.25, -0.2) is 18.2 Å². The van der Waals surface area contributed by atoms with Gasteiger partial charge in [0.1, 0.15) is 5.58 Å². The first-order valence-corrected chi connectivity index (χ1v) is 13.0. The van der Waals surface area contributed by atoms with Crippen LogP contribution in [-0.4, -0.2) is 33.0 Å². The number of sulfonamides is 1. The number of aromatic nitrogens is 1. The number of halogens is 1. The summed E-state index contributed by atoms with van der Waals surface area (Å²) < 4.78 is 59.7. The number of rotatable bonds is 7. The Morgan fingerprint density at radius 1 is 1.03 bits per heavy atom. The highest BCUT2D eigenvalue weighted by molar-refractivity contribution is 7.93. The average Bonchev–Trinajstić information content (AvgIpc) is 3.18. The molecule has 0 bridgehead atoms. The van der Waals surface area contributed by atoms with Gasteiger partial charge in [-0.3, -0.25) is 10.0 Å². The van der Waals surface area contributed by atoms with Crippen LogP contribution in [0, 0.1) is 0 Å². The molecule has 0 atom stereocenters. The summed E-state index contributed by atoms with van der Waals surface area (Å²) in [6.45, 7) is 0. The Hall–Kier alpha value is -3.61. The van der Waals surface area contributed by atoms with Crippen molar-refractivity contribution in [2.45, 2.75) is 15.9 Å². The monoisotopic (exact) mass is 521 g/mol. The van der Waals surface area contributed by atoms with Crippen molar-refractivity contribution in [3.8, 4) is 0 Å². The maximum atomic E-state index is 13.1. The van der Waals surface area contributed by atoms with E-state index in [9.17, 15) is 21.6 Å². The van der Waals surface area contributed by atoms with Gasteiger partial charge in [0.15, 0.2) is 5.03 Å². The number of benzene rings is 2. The van der Waals surface area contributed by atoms with E-state index < -0.39 is 41.8 Å². The molecule has 0 saturated heterocycles. The molecule has 13 heteroatoms. The van der Waals surface area contributed by atoms with Crippen LogP contribution in [0.25, 0.3) is 11.0 Å². The van der Waals surface area contributed by atoms with Crippen LogP contribution >= 0.6 is 11.6 Å². The van der Waals surface area contributed by atoms with E-state index in [2.05, 4.69) is 15.0 Å². The molecule has 4 aromatic rings. The summed E-state index contributed by atoms with van der Waals surface area (Å²) in [5.74, 6) is -0.573. The van der Waals surface area contributed by atoms with Gasteiger partial charge in [-0.1, -0.05) is 41.9 Å². The first-order valence-electron chi connectivity index (χ1n) is 9.52. The summed E-state index contributed by atoms with van der Waals surface area (Å²) in [5, 5.41) is 10.6. The van der Waals surface area contributed by atoms with E-state index in [1.54, 1.807) is 24.3 Å². The second-order valence-electron chi connectivity index (χ2n) is 7.10. The minimum Gasteiger partial charge on any atom is -0.465 e. The number of pyridine rings is 1. The predicted octanol–water partition coefficient (Wildman–Crippen LogP) is 4.35. The number of nitrogens with zero attached hydrogens (tertiary/aromatic N) is 1. The molecule has 0 aliphatic heterocycles. The van der Waals surface area contributed by atoms with Crippen molar-refractivity contribution in [3.05, 3.63) is 77.4 Å². The number of carbonyl (C=O) groups is 1. The van der Waals surface area contributed by atoms with Gasteiger partial charge in [0.2, 0.25) is 14.9 Å². The molecule has 0 aliphatic carbocycles. The normalized spacial score (nSPS) is 11.9. The van der Waals surface area contributed by atoms with Gasteiger partial charge in [-0.05, 0) is 29.8 Å². The summed E-state index contributed by atoms with van der Waals surface area (Å²) in [6.07, 6.45) is -0.225. The molecule has 10 nitrogen and oxygen atoms in total. The SMILES string of the molecule is O=C(O)Nc1cccc(CS(=O)(=O)c2ncc(Cl)cc2NS(=O)(=O)c2cc3ccccc3o2)c1. The summed E-state index contributed by atoms with van der Waals surface area (Å²) in [4.78, 5) is 14.7. The summed E-state index contributed by atoms with van der Waals surface area (Å²) >= 11 is 5.96. The molecule has 0 aliphatic rings. The quantitative estimate of drug-likeness (QED) is 0.324. The maximum Gasteiger partial charge on any atom is 0.409 e. The third-order valence-electron chi connectivity index (χ3n) is 4.56. The smallest absolute Gasteiger partial charge is 0.409 e. The molecular weight excluding hydrogens is 506 g/mol. The zero-order valence-electron chi connectivity index (χ0n) is 17.1. The minimum absolute atomic E-state index is 0.00825. The fourth-order valence-electron chi connectivity index (χ4n) is 3.18. The second-order valence-corrected chi connectivity index (χ2v) is 11.1. The first-order chi connectivity index (χ1) is 16.0. The standard InChI is InChI=1S/C21H16ClN3O7S2/c22-15-10-17(25-34(30,31)19-9-14-5-1-2-7-18(14)32-19)20(23-11-15)33(28,29)12-13-4-3-6-16(8-13)24-21(26)27/h1-11,24-25H,12H2,(H,26,27). The topological polar surface area (TPSA) is 156 Å². The number of furan rings is 1. The van der Waals surface area contributed by atoms with Crippen LogP contribution in [0.2, 0.25) is 5.02 Å². The summed E-state index contributed by atoms with van der Waals surface area (Å²) in [6, 6.07) is 14.9. The second kappa shape index (κ2) is 8.97. The van der Waals surface area contributed by atoms with Crippen molar-refractivity contribution >= 4 is 59.9 Å². The van der Waals surface area contributed by atoms with E-state index in [0.29, 0.717) is 11.0 Å². The molecule has 4 rings (SSSR count). The van der Waals surface area contributed by atoms with Gasteiger partial charge in [0, 0.05) is 23.3 Å². The van der Waals surface area contributed by atoms with Crippen molar-refractivity contribution in [3.63, 3.8) is 0 Å². The van der Waals surface area contributed by atoms with Crippen LogP contribution in [0.15, 0.2) is 81.4 Å². The highest BCUT2D eigenvalue weighted by Crippen LogP contribution is 2.30. The molecule has 2 aromatic carbocycles. The lowest BCUT2D eigenvalue weighted by molar-refractivity contribution is 0.209. The average molecular weight is 522 g/mol. The molecule has 0 unspecified atom stereocenters. The Balaban J connectivity index is 1.68. The molecule has 0 fully saturated rings. The molecule has 2 heterocycles. The summed E-state index contributed by atoms with van der Waals surface area (Å²) in [7, 11) is -8.51. The van der Waals surface area contributed by atoms with Crippen LogP contribution in [0.3, 0.4) is 0 Å². The number of fused-ring (bicyclic) bond motifs is 1. The Kier molecular flexibility index (Phi) is 6.21. The van der Waals surface area contributed by atoms with Crippen molar-refractivity contribution in [2.24, 2.45) is 0 Å². The number of para-hydroxylation sites is 1. The molecule has 34 heavy (non-hydrogen) atoms. The zero-order chi connectivity index (χ0) is 24.5. The van der Waals surface area contributed by atoms with E-state index in [-0.39, 0.29) is 22.0 Å². The van der Waals surface area contributed by atoms with Crippen molar-refractivity contribution in [1.82, 2.24) is 4.98 Å².